The molecule has 4 rings (SSSR count). The van der Waals surface area contributed by atoms with Crippen molar-refractivity contribution in [1.29, 1.82) is 0 Å². The molecule has 0 aliphatic rings. The number of pyridine rings is 1. The summed E-state index contributed by atoms with van der Waals surface area (Å²) in [7, 11) is 0. The van der Waals surface area contributed by atoms with Gasteiger partial charge in [0, 0.05) is 20.8 Å². The number of primary amides is 1. The number of para-hydroxylation sites is 1. The monoisotopic (exact) mass is 483 g/mol. The number of thiophene rings is 1. The lowest BCUT2D eigenvalue weighted by Crippen LogP contribution is -2.19. The highest BCUT2D eigenvalue weighted by Gasteiger charge is 2.24. The van der Waals surface area contributed by atoms with Crippen LogP contribution in [-0.2, 0) is 0 Å². The quantitative estimate of drug-likeness (QED) is 0.345. The van der Waals surface area contributed by atoms with Gasteiger partial charge >= 0.3 is 0 Å². The van der Waals surface area contributed by atoms with Gasteiger partial charge in [-0.05, 0) is 56.2 Å². The van der Waals surface area contributed by atoms with Crippen molar-refractivity contribution in [2.24, 2.45) is 5.73 Å². The predicted molar refractivity (Wildman–Crippen MR) is 132 cm³/mol. The van der Waals surface area contributed by atoms with Gasteiger partial charge in [-0.2, -0.15) is 0 Å². The molecule has 0 bridgehead atoms. The highest BCUT2D eigenvalue weighted by molar-refractivity contribution is 7.16. The number of nitrogens with zero attached hydrogens (tertiary/aromatic N) is 1. The molecule has 0 unspecified atom stereocenters. The second-order valence-electron chi connectivity index (χ2n) is 7.41. The highest BCUT2D eigenvalue weighted by atomic mass is 35.5. The van der Waals surface area contributed by atoms with Crippen LogP contribution in [0.3, 0.4) is 0 Å². The Morgan fingerprint density at radius 3 is 2.41 bits per heavy atom. The van der Waals surface area contributed by atoms with Crippen LogP contribution < -0.4 is 11.1 Å². The van der Waals surface area contributed by atoms with E-state index in [0.717, 1.165) is 10.4 Å². The van der Waals surface area contributed by atoms with E-state index in [9.17, 15) is 9.59 Å². The van der Waals surface area contributed by atoms with Gasteiger partial charge in [-0.1, -0.05) is 41.4 Å². The number of carbonyl (C=O) groups excluding carboxylic acids is 2. The molecule has 2 aromatic carbocycles. The van der Waals surface area contributed by atoms with Crippen molar-refractivity contribution >= 4 is 62.3 Å². The first kappa shape index (κ1) is 22.3. The molecule has 2 heterocycles. The number of fused-ring (bicyclic) bond motifs is 1. The average Bonchev–Trinajstić information content (AvgIpc) is 3.01. The number of nitrogens with one attached hydrogen (secondary N) is 1. The number of benzene rings is 2. The van der Waals surface area contributed by atoms with Gasteiger partial charge in [0.25, 0.3) is 11.8 Å². The van der Waals surface area contributed by atoms with Crippen LogP contribution in [0.15, 0.2) is 42.5 Å². The zero-order valence-corrected chi connectivity index (χ0v) is 19.9. The van der Waals surface area contributed by atoms with Crippen LogP contribution in [0, 0.1) is 20.8 Å². The molecular formula is C24H19Cl2N3O2S. The van der Waals surface area contributed by atoms with E-state index >= 15 is 0 Å². The summed E-state index contributed by atoms with van der Waals surface area (Å²) in [5.41, 5.74) is 9.70. The first-order chi connectivity index (χ1) is 15.2. The molecular weight excluding hydrogens is 465 g/mol. The van der Waals surface area contributed by atoms with Crippen LogP contribution in [0.5, 0.6) is 0 Å². The van der Waals surface area contributed by atoms with Crippen LogP contribution in [0.2, 0.25) is 10.0 Å². The molecule has 2 aromatic heterocycles. The third kappa shape index (κ3) is 3.86. The fourth-order valence-electron chi connectivity index (χ4n) is 3.72. The number of nitrogens with two attached hydrogens (primary N) is 1. The maximum Gasteiger partial charge on any atom is 0.257 e. The Morgan fingerprint density at radius 2 is 1.72 bits per heavy atom. The van der Waals surface area contributed by atoms with Crippen LogP contribution >= 0.6 is 34.5 Å². The molecule has 0 aliphatic carbocycles. The first-order valence-corrected chi connectivity index (χ1v) is 11.3. The number of rotatable bonds is 4. The summed E-state index contributed by atoms with van der Waals surface area (Å²) in [6, 6.07) is 12.6. The van der Waals surface area contributed by atoms with Gasteiger partial charge < -0.3 is 11.1 Å². The third-order valence-electron chi connectivity index (χ3n) is 5.41. The highest BCUT2D eigenvalue weighted by Crippen LogP contribution is 2.36. The molecule has 0 spiro atoms. The molecule has 0 aliphatic heterocycles. The Kier molecular flexibility index (Phi) is 5.95. The summed E-state index contributed by atoms with van der Waals surface area (Å²) in [5, 5.41) is 4.98. The van der Waals surface area contributed by atoms with Crippen LogP contribution in [0.4, 0.5) is 5.00 Å². The number of carbonyl (C=O) groups is 2. The van der Waals surface area contributed by atoms with E-state index in [4.69, 9.17) is 33.9 Å². The number of aryl methyl sites for hydroxylation is 1. The second kappa shape index (κ2) is 8.54. The van der Waals surface area contributed by atoms with Crippen LogP contribution in [0.25, 0.3) is 22.2 Å². The Bertz CT molecular complexity index is 1410. The number of anilines is 1. The number of aromatic nitrogens is 1. The van der Waals surface area contributed by atoms with Crippen molar-refractivity contribution in [2.45, 2.75) is 20.8 Å². The van der Waals surface area contributed by atoms with Gasteiger partial charge in [0.2, 0.25) is 0 Å². The minimum Gasteiger partial charge on any atom is -0.365 e. The standard InChI is InChI=1S/C24H19Cl2N3O2S/c1-11-13(3)32-24(20(11)22(27)30)29-23(31)19-12(2)21(15-9-8-14(25)10-17(15)26)28-18-7-5-4-6-16(18)19/h4-10H,1-3H3,(H2,27,30)(H,29,31). The molecule has 0 saturated heterocycles. The second-order valence-corrected chi connectivity index (χ2v) is 9.48. The number of hydrogen-bond acceptors (Lipinski definition) is 4. The zero-order valence-electron chi connectivity index (χ0n) is 17.5. The molecule has 0 saturated carbocycles. The zero-order chi connectivity index (χ0) is 23.2. The molecule has 32 heavy (non-hydrogen) atoms. The molecule has 0 atom stereocenters. The molecule has 2 amide bonds. The van der Waals surface area contributed by atoms with E-state index in [1.54, 1.807) is 18.2 Å². The summed E-state index contributed by atoms with van der Waals surface area (Å²) < 4.78 is 0. The van der Waals surface area contributed by atoms with Crippen LogP contribution in [0.1, 0.15) is 36.7 Å². The summed E-state index contributed by atoms with van der Waals surface area (Å²) in [6.07, 6.45) is 0. The third-order valence-corrected chi connectivity index (χ3v) is 7.08. The fraction of sp³-hybridized carbons (Fsp3) is 0.125. The van der Waals surface area contributed by atoms with Gasteiger partial charge in [0.05, 0.1) is 27.4 Å². The van der Waals surface area contributed by atoms with Gasteiger partial charge in [-0.25, -0.2) is 4.98 Å². The smallest absolute Gasteiger partial charge is 0.257 e. The lowest BCUT2D eigenvalue weighted by Gasteiger charge is -2.15. The summed E-state index contributed by atoms with van der Waals surface area (Å²) in [4.78, 5) is 31.2. The van der Waals surface area contributed by atoms with Gasteiger partial charge in [0.1, 0.15) is 5.00 Å². The normalized spacial score (nSPS) is 11.0. The molecule has 162 valence electrons. The number of amides is 2. The van der Waals surface area contributed by atoms with Crippen molar-refractivity contribution in [2.75, 3.05) is 5.32 Å². The van der Waals surface area contributed by atoms with E-state index in [0.29, 0.717) is 53.9 Å². The van der Waals surface area contributed by atoms with Crippen LogP contribution in [-0.4, -0.2) is 16.8 Å². The number of hydrogen-bond donors (Lipinski definition) is 2. The van der Waals surface area contributed by atoms with Crippen molar-refractivity contribution in [3.8, 4) is 11.3 Å². The minimum absolute atomic E-state index is 0.331. The number of halogens is 2. The molecule has 4 aromatic rings. The maximum absolute atomic E-state index is 13.5. The maximum atomic E-state index is 13.5. The SMILES string of the molecule is Cc1sc(NC(=O)c2c(C)c(-c3ccc(Cl)cc3Cl)nc3ccccc23)c(C(N)=O)c1C. The molecule has 8 heteroatoms. The average molecular weight is 484 g/mol. The molecule has 3 N–H and O–H groups in total. The van der Waals surface area contributed by atoms with E-state index in [-0.39, 0.29) is 5.91 Å². The summed E-state index contributed by atoms with van der Waals surface area (Å²) >= 11 is 13.8. The van der Waals surface area contributed by atoms with E-state index in [2.05, 4.69) is 5.32 Å². The Labute approximate surface area is 199 Å². The first-order valence-electron chi connectivity index (χ1n) is 9.75. The lowest BCUT2D eigenvalue weighted by molar-refractivity contribution is 0.100. The largest absolute Gasteiger partial charge is 0.365 e. The van der Waals surface area contributed by atoms with Crippen molar-refractivity contribution < 1.29 is 9.59 Å². The minimum atomic E-state index is -0.577. The van der Waals surface area contributed by atoms with E-state index in [1.807, 2.05) is 45.0 Å². The van der Waals surface area contributed by atoms with E-state index in [1.165, 1.54) is 11.3 Å². The topological polar surface area (TPSA) is 85.1 Å². The summed E-state index contributed by atoms with van der Waals surface area (Å²) in [6.45, 7) is 5.53. The Morgan fingerprint density at radius 1 is 1.00 bits per heavy atom. The fourth-order valence-corrected chi connectivity index (χ4v) is 5.28. The van der Waals surface area contributed by atoms with Crippen molar-refractivity contribution in [3.05, 3.63) is 79.6 Å². The van der Waals surface area contributed by atoms with E-state index < -0.39 is 5.91 Å². The molecule has 0 radical (unpaired) electrons. The lowest BCUT2D eigenvalue weighted by atomic mass is 9.97. The van der Waals surface area contributed by atoms with Gasteiger partial charge in [-0.15, -0.1) is 11.3 Å². The Hall–Kier alpha value is -2.93. The van der Waals surface area contributed by atoms with Crippen molar-refractivity contribution in [1.82, 2.24) is 4.98 Å². The van der Waals surface area contributed by atoms with Gasteiger partial charge in [0.15, 0.2) is 0 Å². The Balaban J connectivity index is 1.91. The van der Waals surface area contributed by atoms with Gasteiger partial charge in [-0.3, -0.25) is 9.59 Å². The predicted octanol–water partition coefficient (Wildman–Crippen LogP) is 6.55. The van der Waals surface area contributed by atoms with Crippen molar-refractivity contribution in [3.63, 3.8) is 0 Å². The summed E-state index contributed by atoms with van der Waals surface area (Å²) in [5.74, 6) is -0.928. The molecule has 5 nitrogen and oxygen atoms in total. The molecule has 0 fully saturated rings.